The van der Waals surface area contributed by atoms with E-state index < -0.39 is 0 Å². The van der Waals surface area contributed by atoms with Crippen molar-refractivity contribution in [1.29, 1.82) is 0 Å². The van der Waals surface area contributed by atoms with Gasteiger partial charge in [0.05, 0.1) is 18.3 Å². The Balaban J connectivity index is 2.04. The summed E-state index contributed by atoms with van der Waals surface area (Å²) in [6.45, 7) is 0.845. The lowest BCUT2D eigenvalue weighted by molar-refractivity contribution is 0.320. The number of oxime groups is 1. The van der Waals surface area contributed by atoms with Crippen molar-refractivity contribution in [3.05, 3.63) is 30.5 Å². The molecule has 5 heteroatoms. The van der Waals surface area contributed by atoms with Crippen molar-refractivity contribution in [3.63, 3.8) is 0 Å². The van der Waals surface area contributed by atoms with E-state index in [-0.39, 0.29) is 0 Å². The first-order valence-electron chi connectivity index (χ1n) is 6.67. The number of fused-ring (bicyclic) bond motifs is 1. The van der Waals surface area contributed by atoms with Crippen molar-refractivity contribution in [3.8, 4) is 5.75 Å². The number of pyridine rings is 1. The van der Waals surface area contributed by atoms with Crippen LogP contribution in [0.3, 0.4) is 0 Å². The third-order valence-corrected chi connectivity index (χ3v) is 3.07. The van der Waals surface area contributed by atoms with E-state index in [0.717, 1.165) is 48.1 Å². The molecule has 0 unspecified atom stereocenters. The number of nitrogens with zero attached hydrogens (tertiary/aromatic N) is 2. The van der Waals surface area contributed by atoms with Gasteiger partial charge in [-0.05, 0) is 31.4 Å². The third kappa shape index (κ3) is 3.60. The van der Waals surface area contributed by atoms with Gasteiger partial charge in [-0.15, -0.1) is 5.16 Å². The molecule has 0 fully saturated rings. The number of hydrogen-bond donors (Lipinski definition) is 2. The molecule has 1 aromatic carbocycles. The second-order valence-electron chi connectivity index (χ2n) is 4.47. The van der Waals surface area contributed by atoms with Gasteiger partial charge in [0.1, 0.15) is 5.75 Å². The van der Waals surface area contributed by atoms with Crippen LogP contribution in [0.1, 0.15) is 19.3 Å². The molecular formula is C15H19N3O2. The molecule has 2 N–H and O–H groups in total. The van der Waals surface area contributed by atoms with E-state index in [0.29, 0.717) is 0 Å². The highest BCUT2D eigenvalue weighted by Gasteiger charge is 2.04. The van der Waals surface area contributed by atoms with E-state index >= 15 is 0 Å². The number of nitrogens with one attached hydrogen (secondary N) is 1. The number of anilines is 1. The standard InChI is InChI=1S/C15H19N3O2/c1-20-13-10-12-6-5-8-17-15(12)14(11-13)16-7-3-2-4-9-18-19/h5-6,8-11,16,19H,2-4,7H2,1H3. The zero-order valence-corrected chi connectivity index (χ0v) is 11.5. The lowest BCUT2D eigenvalue weighted by Gasteiger charge is -2.11. The number of unbranched alkanes of at least 4 members (excludes halogenated alkanes) is 2. The van der Waals surface area contributed by atoms with Gasteiger partial charge in [0.15, 0.2) is 0 Å². The third-order valence-electron chi connectivity index (χ3n) is 3.07. The van der Waals surface area contributed by atoms with Crippen LogP contribution in [0, 0.1) is 0 Å². The van der Waals surface area contributed by atoms with E-state index in [1.54, 1.807) is 13.3 Å². The van der Waals surface area contributed by atoms with E-state index in [1.807, 2.05) is 24.3 Å². The van der Waals surface area contributed by atoms with Crippen molar-refractivity contribution in [2.75, 3.05) is 19.0 Å². The topological polar surface area (TPSA) is 66.7 Å². The van der Waals surface area contributed by atoms with Crippen LogP contribution >= 0.6 is 0 Å². The van der Waals surface area contributed by atoms with Crippen molar-refractivity contribution in [2.24, 2.45) is 5.16 Å². The first kappa shape index (κ1) is 14.1. The molecule has 0 saturated heterocycles. The summed E-state index contributed by atoms with van der Waals surface area (Å²) in [4.78, 5) is 4.41. The van der Waals surface area contributed by atoms with Gasteiger partial charge in [-0.25, -0.2) is 0 Å². The highest BCUT2D eigenvalue weighted by atomic mass is 16.5. The Kier molecular flexibility index (Phi) is 5.17. The van der Waals surface area contributed by atoms with Crippen LogP contribution in [0.2, 0.25) is 0 Å². The van der Waals surface area contributed by atoms with Gasteiger partial charge in [-0.2, -0.15) is 0 Å². The molecule has 20 heavy (non-hydrogen) atoms. The largest absolute Gasteiger partial charge is 0.497 e. The summed E-state index contributed by atoms with van der Waals surface area (Å²) >= 11 is 0. The summed E-state index contributed by atoms with van der Waals surface area (Å²) in [6, 6.07) is 7.88. The van der Waals surface area contributed by atoms with Crippen LogP contribution in [-0.4, -0.2) is 30.1 Å². The summed E-state index contributed by atoms with van der Waals surface area (Å²) in [7, 11) is 1.66. The fourth-order valence-corrected chi connectivity index (χ4v) is 2.06. The first-order chi connectivity index (χ1) is 9.85. The predicted octanol–water partition coefficient (Wildman–Crippen LogP) is 3.29. The van der Waals surface area contributed by atoms with E-state index in [9.17, 15) is 0 Å². The first-order valence-corrected chi connectivity index (χ1v) is 6.67. The number of rotatable bonds is 7. The molecule has 0 aliphatic heterocycles. The highest BCUT2D eigenvalue weighted by molar-refractivity contribution is 5.91. The molecule has 106 valence electrons. The number of methoxy groups -OCH3 is 1. The average Bonchev–Trinajstić information content (AvgIpc) is 2.50. The van der Waals surface area contributed by atoms with Crippen molar-refractivity contribution in [2.45, 2.75) is 19.3 Å². The Hall–Kier alpha value is -2.30. The van der Waals surface area contributed by atoms with Gasteiger partial charge in [-0.3, -0.25) is 4.98 Å². The van der Waals surface area contributed by atoms with Gasteiger partial charge in [-0.1, -0.05) is 6.07 Å². The SMILES string of the molecule is COc1cc(NCCCCC=NO)c2ncccc2c1. The molecule has 5 nitrogen and oxygen atoms in total. The Morgan fingerprint density at radius 3 is 3.10 bits per heavy atom. The molecule has 0 spiro atoms. The summed E-state index contributed by atoms with van der Waals surface area (Å²) in [5.41, 5.74) is 1.93. The molecule has 0 amide bonds. The van der Waals surface area contributed by atoms with E-state index in [4.69, 9.17) is 9.94 Å². The zero-order chi connectivity index (χ0) is 14.2. The molecule has 0 radical (unpaired) electrons. The Labute approximate surface area is 118 Å². The van der Waals surface area contributed by atoms with Crippen LogP contribution in [0.25, 0.3) is 10.9 Å². The van der Waals surface area contributed by atoms with Crippen LogP contribution in [0.15, 0.2) is 35.6 Å². The van der Waals surface area contributed by atoms with Crippen molar-refractivity contribution >= 4 is 22.8 Å². The predicted molar refractivity (Wildman–Crippen MR) is 80.9 cm³/mol. The quantitative estimate of drug-likeness (QED) is 0.351. The molecule has 0 saturated carbocycles. The van der Waals surface area contributed by atoms with Crippen molar-refractivity contribution in [1.82, 2.24) is 4.98 Å². The molecule has 1 aromatic heterocycles. The Bertz CT molecular complexity index is 584. The summed E-state index contributed by atoms with van der Waals surface area (Å²) in [5, 5.41) is 15.7. The average molecular weight is 273 g/mol. The molecule has 1 heterocycles. The summed E-state index contributed by atoms with van der Waals surface area (Å²) in [5.74, 6) is 0.820. The van der Waals surface area contributed by atoms with E-state index in [2.05, 4.69) is 15.5 Å². The summed E-state index contributed by atoms with van der Waals surface area (Å²) in [6.07, 6.45) is 6.07. The van der Waals surface area contributed by atoms with Gasteiger partial charge in [0.25, 0.3) is 0 Å². The number of hydrogen-bond acceptors (Lipinski definition) is 5. The zero-order valence-electron chi connectivity index (χ0n) is 11.5. The molecule has 2 rings (SSSR count). The minimum atomic E-state index is 0.787. The van der Waals surface area contributed by atoms with Crippen molar-refractivity contribution < 1.29 is 9.94 Å². The lowest BCUT2D eigenvalue weighted by atomic mass is 10.1. The van der Waals surface area contributed by atoms with Crippen LogP contribution in [0.5, 0.6) is 5.75 Å². The lowest BCUT2D eigenvalue weighted by Crippen LogP contribution is -2.03. The highest BCUT2D eigenvalue weighted by Crippen LogP contribution is 2.27. The van der Waals surface area contributed by atoms with Crippen LogP contribution in [-0.2, 0) is 0 Å². The fraction of sp³-hybridized carbons (Fsp3) is 0.333. The van der Waals surface area contributed by atoms with E-state index in [1.165, 1.54) is 6.21 Å². The monoisotopic (exact) mass is 273 g/mol. The second-order valence-corrected chi connectivity index (χ2v) is 4.47. The van der Waals surface area contributed by atoms with Gasteiger partial charge >= 0.3 is 0 Å². The number of aromatic nitrogens is 1. The smallest absolute Gasteiger partial charge is 0.121 e. The molecule has 2 aromatic rings. The molecule has 0 aliphatic rings. The maximum absolute atomic E-state index is 8.31. The molecular weight excluding hydrogens is 254 g/mol. The minimum Gasteiger partial charge on any atom is -0.497 e. The number of benzene rings is 1. The molecule has 0 atom stereocenters. The molecule has 0 aliphatic carbocycles. The fourth-order valence-electron chi connectivity index (χ4n) is 2.06. The minimum absolute atomic E-state index is 0.787. The van der Waals surface area contributed by atoms with Gasteiger partial charge in [0.2, 0.25) is 0 Å². The Morgan fingerprint density at radius 1 is 1.40 bits per heavy atom. The van der Waals surface area contributed by atoms with Crippen LogP contribution < -0.4 is 10.1 Å². The van der Waals surface area contributed by atoms with Crippen LogP contribution in [0.4, 0.5) is 5.69 Å². The second kappa shape index (κ2) is 7.33. The summed E-state index contributed by atoms with van der Waals surface area (Å²) < 4.78 is 5.31. The molecule has 0 bridgehead atoms. The maximum atomic E-state index is 8.31. The Morgan fingerprint density at radius 2 is 2.30 bits per heavy atom. The van der Waals surface area contributed by atoms with Gasteiger partial charge in [0, 0.05) is 30.4 Å². The number of ether oxygens (including phenoxy) is 1. The normalized spacial score (nSPS) is 11.1. The maximum Gasteiger partial charge on any atom is 0.121 e. The van der Waals surface area contributed by atoms with Gasteiger partial charge < -0.3 is 15.3 Å².